The van der Waals surface area contributed by atoms with Crippen molar-refractivity contribution >= 4 is 17.3 Å². The minimum atomic E-state index is -0.556. The molecule has 1 aliphatic rings. The molecule has 1 amide bonds. The SMILES string of the molecule is CCCC1CCN(C(=O)c2cccc([N+](=O)[O-])c2N)CC1. The molecule has 0 atom stereocenters. The number of hydrogen-bond acceptors (Lipinski definition) is 4. The lowest BCUT2D eigenvalue weighted by Crippen LogP contribution is -2.38. The molecule has 1 saturated heterocycles. The van der Waals surface area contributed by atoms with Crippen molar-refractivity contribution in [2.24, 2.45) is 5.92 Å². The lowest BCUT2D eigenvalue weighted by atomic mass is 9.92. The maximum absolute atomic E-state index is 12.5. The highest BCUT2D eigenvalue weighted by Crippen LogP contribution is 2.28. The van der Waals surface area contributed by atoms with Gasteiger partial charge >= 0.3 is 0 Å². The van der Waals surface area contributed by atoms with Crippen molar-refractivity contribution in [3.8, 4) is 0 Å². The van der Waals surface area contributed by atoms with E-state index in [1.54, 1.807) is 11.0 Å². The Bertz CT molecular complexity index is 537. The van der Waals surface area contributed by atoms with Gasteiger partial charge in [-0.05, 0) is 24.8 Å². The zero-order valence-corrected chi connectivity index (χ0v) is 12.2. The molecule has 21 heavy (non-hydrogen) atoms. The average Bonchev–Trinajstić information content (AvgIpc) is 2.47. The molecular formula is C15H21N3O3. The fourth-order valence-electron chi connectivity index (χ4n) is 2.90. The van der Waals surface area contributed by atoms with Crippen LogP contribution in [0.3, 0.4) is 0 Å². The first kappa shape index (κ1) is 15.3. The summed E-state index contributed by atoms with van der Waals surface area (Å²) in [5.41, 5.74) is 5.77. The van der Waals surface area contributed by atoms with Gasteiger partial charge in [-0.3, -0.25) is 14.9 Å². The van der Waals surface area contributed by atoms with Crippen LogP contribution in [0.2, 0.25) is 0 Å². The van der Waals surface area contributed by atoms with Gasteiger partial charge in [-0.1, -0.05) is 25.8 Å². The highest BCUT2D eigenvalue weighted by atomic mass is 16.6. The standard InChI is InChI=1S/C15H21N3O3/c1-2-4-11-7-9-17(10-8-11)15(19)12-5-3-6-13(14(12)16)18(20)21/h3,5-6,11H,2,4,7-10,16H2,1H3. The maximum Gasteiger partial charge on any atom is 0.292 e. The summed E-state index contributed by atoms with van der Waals surface area (Å²) in [6.45, 7) is 3.57. The van der Waals surface area contributed by atoms with Gasteiger partial charge in [0.05, 0.1) is 10.5 Å². The highest BCUT2D eigenvalue weighted by molar-refractivity contribution is 6.01. The van der Waals surface area contributed by atoms with Crippen LogP contribution in [0, 0.1) is 16.0 Å². The van der Waals surface area contributed by atoms with Crippen LogP contribution in [0.15, 0.2) is 18.2 Å². The van der Waals surface area contributed by atoms with E-state index in [1.165, 1.54) is 18.6 Å². The van der Waals surface area contributed by atoms with Gasteiger partial charge in [0.1, 0.15) is 5.69 Å². The summed E-state index contributed by atoms with van der Waals surface area (Å²) in [6.07, 6.45) is 4.35. The third-order valence-corrected chi connectivity index (χ3v) is 4.11. The van der Waals surface area contributed by atoms with E-state index in [9.17, 15) is 14.9 Å². The molecule has 1 fully saturated rings. The van der Waals surface area contributed by atoms with Crippen molar-refractivity contribution in [3.63, 3.8) is 0 Å². The van der Waals surface area contributed by atoms with Gasteiger partial charge in [0.15, 0.2) is 0 Å². The van der Waals surface area contributed by atoms with E-state index in [2.05, 4.69) is 6.92 Å². The normalized spacial score (nSPS) is 16.0. The Morgan fingerprint density at radius 3 is 2.67 bits per heavy atom. The van der Waals surface area contributed by atoms with Crippen LogP contribution >= 0.6 is 0 Å². The summed E-state index contributed by atoms with van der Waals surface area (Å²) in [6, 6.07) is 4.38. The molecule has 1 aliphatic heterocycles. The number of piperidine rings is 1. The lowest BCUT2D eigenvalue weighted by Gasteiger charge is -2.32. The molecule has 0 unspecified atom stereocenters. The molecular weight excluding hydrogens is 270 g/mol. The summed E-state index contributed by atoms with van der Waals surface area (Å²) in [4.78, 5) is 24.6. The van der Waals surface area contributed by atoms with Gasteiger partial charge in [-0.25, -0.2) is 0 Å². The molecule has 0 saturated carbocycles. The number of para-hydroxylation sites is 1. The number of nitro benzene ring substituents is 1. The number of amides is 1. The van der Waals surface area contributed by atoms with Crippen molar-refractivity contribution in [3.05, 3.63) is 33.9 Å². The third-order valence-electron chi connectivity index (χ3n) is 4.11. The number of nitrogens with zero attached hydrogens (tertiary/aromatic N) is 2. The molecule has 1 aromatic rings. The summed E-state index contributed by atoms with van der Waals surface area (Å²) in [7, 11) is 0. The Balaban J connectivity index is 2.11. The van der Waals surface area contributed by atoms with Gasteiger partial charge in [-0.2, -0.15) is 0 Å². The summed E-state index contributed by atoms with van der Waals surface area (Å²) < 4.78 is 0. The highest BCUT2D eigenvalue weighted by Gasteiger charge is 2.26. The molecule has 6 nitrogen and oxygen atoms in total. The molecule has 1 aromatic carbocycles. The second-order valence-electron chi connectivity index (χ2n) is 5.52. The number of benzene rings is 1. The van der Waals surface area contributed by atoms with Crippen LogP contribution in [0.4, 0.5) is 11.4 Å². The Hall–Kier alpha value is -2.11. The number of anilines is 1. The summed E-state index contributed by atoms with van der Waals surface area (Å²) in [5, 5.41) is 10.9. The van der Waals surface area contributed by atoms with Gasteiger partial charge in [0, 0.05) is 19.2 Å². The van der Waals surface area contributed by atoms with Crippen LogP contribution < -0.4 is 5.73 Å². The molecule has 0 spiro atoms. The van der Waals surface area contributed by atoms with E-state index in [0.29, 0.717) is 19.0 Å². The second kappa shape index (κ2) is 6.56. The zero-order chi connectivity index (χ0) is 15.4. The Morgan fingerprint density at radius 2 is 2.10 bits per heavy atom. The Morgan fingerprint density at radius 1 is 1.43 bits per heavy atom. The monoisotopic (exact) mass is 291 g/mol. The Labute approximate surface area is 124 Å². The van der Waals surface area contributed by atoms with E-state index < -0.39 is 4.92 Å². The first-order valence-electron chi connectivity index (χ1n) is 7.36. The average molecular weight is 291 g/mol. The lowest BCUT2D eigenvalue weighted by molar-refractivity contribution is -0.383. The number of nitro groups is 1. The first-order valence-corrected chi connectivity index (χ1v) is 7.36. The molecule has 0 aliphatic carbocycles. The van der Waals surface area contributed by atoms with Crippen molar-refractivity contribution in [1.82, 2.24) is 4.90 Å². The minimum Gasteiger partial charge on any atom is -0.393 e. The fourth-order valence-corrected chi connectivity index (χ4v) is 2.90. The van der Waals surface area contributed by atoms with Crippen LogP contribution in [0.1, 0.15) is 43.0 Å². The molecule has 0 bridgehead atoms. The quantitative estimate of drug-likeness (QED) is 0.524. The number of likely N-dealkylation sites (tertiary alicyclic amines) is 1. The molecule has 6 heteroatoms. The topological polar surface area (TPSA) is 89.5 Å². The van der Waals surface area contributed by atoms with E-state index in [1.807, 2.05) is 0 Å². The number of nitrogen functional groups attached to an aromatic ring is 1. The van der Waals surface area contributed by atoms with Gasteiger partial charge in [-0.15, -0.1) is 0 Å². The van der Waals surface area contributed by atoms with E-state index in [0.717, 1.165) is 19.3 Å². The van der Waals surface area contributed by atoms with Gasteiger partial charge in [0.25, 0.3) is 11.6 Å². The number of carbonyl (C=O) groups is 1. The third kappa shape index (κ3) is 3.32. The van der Waals surface area contributed by atoms with Crippen LogP contribution in [0.5, 0.6) is 0 Å². The van der Waals surface area contributed by atoms with E-state index >= 15 is 0 Å². The largest absolute Gasteiger partial charge is 0.393 e. The van der Waals surface area contributed by atoms with Crippen LogP contribution in [-0.4, -0.2) is 28.8 Å². The molecule has 114 valence electrons. The van der Waals surface area contributed by atoms with Crippen molar-refractivity contribution in [2.75, 3.05) is 18.8 Å². The molecule has 1 heterocycles. The number of rotatable bonds is 4. The predicted molar refractivity (Wildman–Crippen MR) is 81.0 cm³/mol. The van der Waals surface area contributed by atoms with Crippen molar-refractivity contribution in [2.45, 2.75) is 32.6 Å². The number of carbonyl (C=O) groups excluding carboxylic acids is 1. The van der Waals surface area contributed by atoms with Crippen molar-refractivity contribution < 1.29 is 9.72 Å². The summed E-state index contributed by atoms with van der Waals surface area (Å²) >= 11 is 0. The molecule has 0 radical (unpaired) electrons. The van der Waals surface area contributed by atoms with Crippen LogP contribution in [-0.2, 0) is 0 Å². The van der Waals surface area contributed by atoms with Crippen molar-refractivity contribution in [1.29, 1.82) is 0 Å². The molecule has 2 N–H and O–H groups in total. The van der Waals surface area contributed by atoms with Gasteiger partial charge in [0.2, 0.25) is 0 Å². The summed E-state index contributed by atoms with van der Waals surface area (Å²) in [5.74, 6) is 0.479. The maximum atomic E-state index is 12.5. The predicted octanol–water partition coefficient (Wildman–Crippen LogP) is 2.83. The smallest absolute Gasteiger partial charge is 0.292 e. The first-order chi connectivity index (χ1) is 10.0. The number of hydrogen-bond donors (Lipinski definition) is 1. The molecule has 2 rings (SSSR count). The number of nitrogens with two attached hydrogens (primary N) is 1. The second-order valence-corrected chi connectivity index (χ2v) is 5.52. The Kier molecular flexibility index (Phi) is 4.77. The zero-order valence-electron chi connectivity index (χ0n) is 12.2. The van der Waals surface area contributed by atoms with E-state index in [4.69, 9.17) is 5.73 Å². The minimum absolute atomic E-state index is 0.0387. The van der Waals surface area contributed by atoms with Crippen LogP contribution in [0.25, 0.3) is 0 Å². The molecule has 0 aromatic heterocycles. The fraction of sp³-hybridized carbons (Fsp3) is 0.533. The van der Waals surface area contributed by atoms with Gasteiger partial charge < -0.3 is 10.6 Å². The van der Waals surface area contributed by atoms with E-state index in [-0.39, 0.29) is 22.8 Å².